The summed E-state index contributed by atoms with van der Waals surface area (Å²) in [6, 6.07) is 0.927. The first-order chi connectivity index (χ1) is 15.7. The second-order valence-electron chi connectivity index (χ2n) is 6.53. The molecule has 0 saturated carbocycles. The first-order valence-electron chi connectivity index (χ1n) is 8.54. The van der Waals surface area contributed by atoms with Crippen molar-refractivity contribution in [3.63, 3.8) is 0 Å². The van der Waals surface area contributed by atoms with Crippen molar-refractivity contribution in [1.29, 1.82) is 0 Å². The van der Waals surface area contributed by atoms with Crippen molar-refractivity contribution in [3.05, 3.63) is 81.4 Å². The van der Waals surface area contributed by atoms with Crippen LogP contribution in [0.1, 0.15) is 20.7 Å². The molecule has 0 unspecified atom stereocenters. The molecule has 0 aromatic heterocycles. The molecule has 0 saturated heterocycles. The minimum absolute atomic E-state index is 0.464. The highest BCUT2D eigenvalue weighted by molar-refractivity contribution is 6.10. The fraction of sp³-hybridized carbons (Fsp3) is 0. The van der Waals surface area contributed by atoms with Gasteiger partial charge in [-0.25, -0.2) is 43.9 Å². The minimum Gasteiger partial charge on any atom is -0.366 e. The molecule has 0 bridgehead atoms. The predicted octanol–water partition coefficient (Wildman–Crippen LogP) is 4.61. The van der Waals surface area contributed by atoms with Crippen LogP contribution in [0.15, 0.2) is 12.1 Å². The zero-order valence-corrected chi connectivity index (χ0v) is 15.9. The third-order valence-electron chi connectivity index (χ3n) is 4.66. The van der Waals surface area contributed by atoms with Crippen LogP contribution in [-0.4, -0.2) is 11.8 Å². The molecule has 4 N–H and O–H groups in total. The molecule has 0 aliphatic rings. The van der Waals surface area contributed by atoms with E-state index in [-0.39, 0.29) is 0 Å². The second kappa shape index (κ2) is 8.35. The fourth-order valence-electron chi connectivity index (χ4n) is 3.18. The number of carbonyl (C=O) groups is 2. The number of primary amides is 2. The van der Waals surface area contributed by atoms with Crippen LogP contribution in [-0.2, 0) is 0 Å². The Morgan fingerprint density at radius 3 is 0.824 bits per heavy atom. The predicted molar refractivity (Wildman–Crippen MR) is 93.9 cm³/mol. The number of carbonyl (C=O) groups excluding carboxylic acids is 2. The Balaban J connectivity index is 2.75. The second-order valence-corrected chi connectivity index (χ2v) is 6.53. The largest absolute Gasteiger partial charge is 0.366 e. The molecule has 0 fully saturated rings. The lowest BCUT2D eigenvalue weighted by Gasteiger charge is -2.20. The summed E-state index contributed by atoms with van der Waals surface area (Å²) in [5, 5.41) is 0. The molecule has 34 heavy (non-hydrogen) atoms. The Hall–Kier alpha value is -4.10. The van der Waals surface area contributed by atoms with Crippen molar-refractivity contribution < 1.29 is 53.5 Å². The van der Waals surface area contributed by atoms with Gasteiger partial charge in [-0.2, -0.15) is 0 Å². The van der Waals surface area contributed by atoms with E-state index in [1.165, 1.54) is 0 Å². The van der Waals surface area contributed by atoms with Gasteiger partial charge < -0.3 is 11.5 Å². The van der Waals surface area contributed by atoms with Gasteiger partial charge in [0.1, 0.15) is 0 Å². The van der Waals surface area contributed by atoms with Gasteiger partial charge in [0.25, 0.3) is 0 Å². The highest BCUT2D eigenvalue weighted by Gasteiger charge is 2.36. The summed E-state index contributed by atoms with van der Waals surface area (Å²) in [6.07, 6.45) is 0. The number of nitrogens with two attached hydrogens (primary N) is 2. The van der Waals surface area contributed by atoms with Crippen LogP contribution in [0, 0.1) is 58.2 Å². The maximum atomic E-state index is 14.6. The van der Waals surface area contributed by atoms with Crippen LogP contribution in [0.25, 0.3) is 22.3 Å². The van der Waals surface area contributed by atoms with E-state index in [1.54, 1.807) is 0 Å². The van der Waals surface area contributed by atoms with Crippen molar-refractivity contribution in [2.75, 3.05) is 0 Å². The summed E-state index contributed by atoms with van der Waals surface area (Å²) in [5.41, 5.74) is 0.261. The summed E-state index contributed by atoms with van der Waals surface area (Å²) in [4.78, 5) is 23.8. The average Bonchev–Trinajstić information content (AvgIpc) is 2.79. The summed E-state index contributed by atoms with van der Waals surface area (Å²) in [6.45, 7) is 0. The number of hydrogen-bond acceptors (Lipinski definition) is 2. The van der Waals surface area contributed by atoms with Crippen LogP contribution in [0.2, 0.25) is 0 Å². The van der Waals surface area contributed by atoms with Crippen LogP contribution in [0.5, 0.6) is 0 Å². The molecule has 0 spiro atoms. The molecular formula is C20H6F10N2O2. The van der Waals surface area contributed by atoms with Gasteiger partial charge in [-0.1, -0.05) is 0 Å². The summed E-state index contributed by atoms with van der Waals surface area (Å²) < 4.78 is 141. The summed E-state index contributed by atoms with van der Waals surface area (Å²) in [5.74, 6) is -29.9. The van der Waals surface area contributed by atoms with Gasteiger partial charge in [-0.05, 0) is 12.1 Å². The van der Waals surface area contributed by atoms with Gasteiger partial charge >= 0.3 is 0 Å². The molecule has 178 valence electrons. The number of halogens is 10. The molecule has 0 heterocycles. The minimum atomic E-state index is -2.68. The van der Waals surface area contributed by atoms with E-state index in [1.807, 2.05) is 0 Å². The normalized spacial score (nSPS) is 11.1. The topological polar surface area (TPSA) is 86.2 Å². The van der Waals surface area contributed by atoms with E-state index in [0.29, 0.717) is 12.1 Å². The van der Waals surface area contributed by atoms with E-state index in [0.717, 1.165) is 0 Å². The quantitative estimate of drug-likeness (QED) is 0.314. The van der Waals surface area contributed by atoms with Gasteiger partial charge in [0, 0.05) is 22.3 Å². The molecule has 0 atom stereocenters. The smallest absolute Gasteiger partial charge is 0.249 e. The lowest BCUT2D eigenvalue weighted by molar-refractivity contribution is 0.0989. The molecule has 3 rings (SSSR count). The van der Waals surface area contributed by atoms with Gasteiger partial charge in [0.15, 0.2) is 46.5 Å². The van der Waals surface area contributed by atoms with Gasteiger partial charge in [0.2, 0.25) is 23.4 Å². The van der Waals surface area contributed by atoms with Crippen molar-refractivity contribution in [2.24, 2.45) is 11.5 Å². The lowest BCUT2D eigenvalue weighted by Crippen LogP contribution is -2.20. The Labute approximate surface area is 181 Å². The molecular weight excluding hydrogens is 490 g/mol. The van der Waals surface area contributed by atoms with Crippen molar-refractivity contribution in [2.45, 2.75) is 0 Å². The molecule has 2 amide bonds. The van der Waals surface area contributed by atoms with Crippen LogP contribution in [0.4, 0.5) is 43.9 Å². The first kappa shape index (κ1) is 24.5. The molecule has 3 aromatic carbocycles. The van der Waals surface area contributed by atoms with Crippen LogP contribution >= 0.6 is 0 Å². The standard InChI is InChI=1S/C20H6F10N2O2/c21-9-7(10(22)14(26)17(29)13(9)25)5-3(19(31)33)1-2-4(20(32)34)6(5)8-11(23)15(27)18(30)16(28)12(8)24/h1-2H,(H2,31,33)(H2,32,34). The molecule has 3 aromatic rings. The Morgan fingerprint density at radius 1 is 0.412 bits per heavy atom. The third-order valence-corrected chi connectivity index (χ3v) is 4.66. The third kappa shape index (κ3) is 3.41. The van der Waals surface area contributed by atoms with E-state index in [9.17, 15) is 53.5 Å². The molecule has 14 heteroatoms. The highest BCUT2D eigenvalue weighted by Crippen LogP contribution is 2.44. The van der Waals surface area contributed by atoms with Crippen LogP contribution in [0.3, 0.4) is 0 Å². The van der Waals surface area contributed by atoms with E-state index in [4.69, 9.17) is 11.5 Å². The fourth-order valence-corrected chi connectivity index (χ4v) is 3.18. The Morgan fingerprint density at radius 2 is 0.618 bits per heavy atom. The molecule has 0 radical (unpaired) electrons. The first-order valence-corrected chi connectivity index (χ1v) is 8.54. The zero-order valence-electron chi connectivity index (χ0n) is 15.9. The van der Waals surface area contributed by atoms with Crippen molar-refractivity contribution in [1.82, 2.24) is 0 Å². The SMILES string of the molecule is NC(=O)c1ccc(C(N)=O)c(-c2c(F)c(F)c(F)c(F)c2F)c1-c1c(F)c(F)c(F)c(F)c1F. The molecule has 0 aliphatic carbocycles. The molecule has 0 aliphatic heterocycles. The number of amides is 2. The Kier molecular flexibility index (Phi) is 6.03. The maximum Gasteiger partial charge on any atom is 0.249 e. The molecule has 4 nitrogen and oxygen atoms in total. The van der Waals surface area contributed by atoms with Gasteiger partial charge in [-0.15, -0.1) is 0 Å². The average molecular weight is 496 g/mol. The van der Waals surface area contributed by atoms with Crippen molar-refractivity contribution >= 4 is 11.8 Å². The maximum absolute atomic E-state index is 14.6. The summed E-state index contributed by atoms with van der Waals surface area (Å²) >= 11 is 0. The van der Waals surface area contributed by atoms with Crippen LogP contribution < -0.4 is 11.5 Å². The van der Waals surface area contributed by atoms with E-state index >= 15 is 0 Å². The monoisotopic (exact) mass is 496 g/mol. The van der Waals surface area contributed by atoms with Gasteiger partial charge in [-0.3, -0.25) is 9.59 Å². The van der Waals surface area contributed by atoms with E-state index < -0.39 is 103 Å². The zero-order chi connectivity index (χ0) is 25.8. The lowest BCUT2D eigenvalue weighted by atomic mass is 9.85. The number of hydrogen-bond donors (Lipinski definition) is 2. The van der Waals surface area contributed by atoms with Gasteiger partial charge in [0.05, 0.1) is 11.1 Å². The Bertz CT molecular complexity index is 1260. The summed E-state index contributed by atoms with van der Waals surface area (Å²) in [7, 11) is 0. The van der Waals surface area contributed by atoms with E-state index in [2.05, 4.69) is 0 Å². The number of benzene rings is 3. The van der Waals surface area contributed by atoms with Crippen molar-refractivity contribution in [3.8, 4) is 22.3 Å². The highest BCUT2D eigenvalue weighted by atomic mass is 19.2. The number of rotatable bonds is 4.